The number of hydrogen-bond donors (Lipinski definition) is 3. The molecule has 1 fully saturated rings. The molecule has 1 saturated heterocycles. The molecule has 1 aliphatic rings. The lowest BCUT2D eigenvalue weighted by Gasteiger charge is -2.43. The predicted molar refractivity (Wildman–Crippen MR) is 81.4 cm³/mol. The molecule has 0 spiro atoms. The number of benzene rings is 1. The molecule has 0 radical (unpaired) electrons. The summed E-state index contributed by atoms with van der Waals surface area (Å²) in [6, 6.07) is 8.79. The van der Waals surface area contributed by atoms with Gasteiger partial charge < -0.3 is 29.7 Å². The quantitative estimate of drug-likeness (QED) is 0.670. The SMILES string of the molecule is CO[C@H]1O[C@H](CO)[C@@H](O)[C@H](OCc2ccccc2)[C@H]1NC(C)=O. The van der Waals surface area contributed by atoms with Gasteiger partial charge in [0.05, 0.1) is 13.2 Å². The van der Waals surface area contributed by atoms with Gasteiger partial charge in [-0.2, -0.15) is 0 Å². The molecule has 7 heteroatoms. The number of nitrogens with one attached hydrogen (secondary N) is 1. The van der Waals surface area contributed by atoms with E-state index in [2.05, 4.69) is 5.32 Å². The van der Waals surface area contributed by atoms with Gasteiger partial charge >= 0.3 is 0 Å². The number of hydrogen-bond acceptors (Lipinski definition) is 6. The van der Waals surface area contributed by atoms with Crippen molar-refractivity contribution < 1.29 is 29.2 Å². The van der Waals surface area contributed by atoms with Crippen LogP contribution in [0, 0.1) is 0 Å². The lowest BCUT2D eigenvalue weighted by Crippen LogP contribution is -2.65. The Labute approximate surface area is 135 Å². The first-order chi connectivity index (χ1) is 11.1. The van der Waals surface area contributed by atoms with E-state index < -0.39 is 30.6 Å². The molecule has 1 amide bonds. The minimum absolute atomic E-state index is 0.257. The third-order valence-corrected chi connectivity index (χ3v) is 3.74. The van der Waals surface area contributed by atoms with Gasteiger partial charge in [0.1, 0.15) is 24.4 Å². The molecule has 2 rings (SSSR count). The second-order valence-corrected chi connectivity index (χ2v) is 5.44. The second kappa shape index (κ2) is 8.37. The smallest absolute Gasteiger partial charge is 0.217 e. The molecule has 128 valence electrons. The van der Waals surface area contributed by atoms with E-state index in [0.29, 0.717) is 0 Å². The van der Waals surface area contributed by atoms with Crippen LogP contribution < -0.4 is 5.32 Å². The Kier molecular flexibility index (Phi) is 6.49. The van der Waals surface area contributed by atoms with Crippen molar-refractivity contribution in [2.45, 2.75) is 44.2 Å². The highest BCUT2D eigenvalue weighted by molar-refractivity contribution is 5.73. The predicted octanol–water partition coefficient (Wildman–Crippen LogP) is -0.199. The van der Waals surface area contributed by atoms with Gasteiger partial charge in [0.25, 0.3) is 0 Å². The van der Waals surface area contributed by atoms with Crippen LogP contribution >= 0.6 is 0 Å². The van der Waals surface area contributed by atoms with Crippen LogP contribution in [-0.4, -0.2) is 60.5 Å². The van der Waals surface area contributed by atoms with E-state index in [1.807, 2.05) is 30.3 Å². The van der Waals surface area contributed by atoms with Crippen LogP contribution in [0.15, 0.2) is 30.3 Å². The van der Waals surface area contributed by atoms with Crippen molar-refractivity contribution in [1.29, 1.82) is 0 Å². The molecule has 5 atom stereocenters. The average molecular weight is 325 g/mol. The van der Waals surface area contributed by atoms with E-state index >= 15 is 0 Å². The number of rotatable bonds is 6. The summed E-state index contributed by atoms with van der Waals surface area (Å²) in [5.74, 6) is -0.288. The lowest BCUT2D eigenvalue weighted by molar-refractivity contribution is -0.271. The third kappa shape index (κ3) is 4.49. The Morgan fingerprint density at radius 2 is 2.04 bits per heavy atom. The zero-order chi connectivity index (χ0) is 16.8. The molecular weight excluding hydrogens is 302 g/mol. The van der Waals surface area contributed by atoms with Gasteiger partial charge in [0.15, 0.2) is 6.29 Å². The Morgan fingerprint density at radius 3 is 2.61 bits per heavy atom. The summed E-state index contributed by atoms with van der Waals surface area (Å²) < 4.78 is 16.5. The van der Waals surface area contributed by atoms with Crippen molar-refractivity contribution in [3.8, 4) is 0 Å². The standard InChI is InChI=1S/C16H23NO6/c1-10(19)17-13-15(22-9-11-6-4-3-5-7-11)14(20)12(8-18)23-16(13)21-2/h3-7,12-16,18,20H,8-9H2,1-2H3,(H,17,19)/t12-,13-,14-,15-,16+/m1/s1. The van der Waals surface area contributed by atoms with Gasteiger partial charge in [-0.1, -0.05) is 30.3 Å². The van der Waals surface area contributed by atoms with Crippen molar-refractivity contribution >= 4 is 5.91 Å². The molecule has 0 saturated carbocycles. The van der Waals surface area contributed by atoms with Gasteiger partial charge in [-0.25, -0.2) is 0 Å². The van der Waals surface area contributed by atoms with Crippen molar-refractivity contribution in [2.75, 3.05) is 13.7 Å². The molecule has 0 aromatic heterocycles. The zero-order valence-corrected chi connectivity index (χ0v) is 13.2. The van der Waals surface area contributed by atoms with Gasteiger partial charge in [-0.15, -0.1) is 0 Å². The minimum atomic E-state index is -1.09. The van der Waals surface area contributed by atoms with Crippen LogP contribution in [0.1, 0.15) is 12.5 Å². The molecule has 1 aromatic rings. The lowest BCUT2D eigenvalue weighted by atomic mass is 9.96. The zero-order valence-electron chi connectivity index (χ0n) is 13.2. The first kappa shape index (κ1) is 17.8. The average Bonchev–Trinajstić information content (AvgIpc) is 2.55. The maximum absolute atomic E-state index is 11.4. The highest BCUT2D eigenvalue weighted by Gasteiger charge is 2.46. The Hall–Kier alpha value is -1.51. The number of carbonyl (C=O) groups is 1. The molecule has 23 heavy (non-hydrogen) atoms. The van der Waals surface area contributed by atoms with Gasteiger partial charge in [-0.05, 0) is 5.56 Å². The summed E-state index contributed by atoms with van der Waals surface area (Å²) in [5, 5.41) is 22.4. The largest absolute Gasteiger partial charge is 0.394 e. The Balaban J connectivity index is 2.15. The topological polar surface area (TPSA) is 97.2 Å². The van der Waals surface area contributed by atoms with Gasteiger partial charge in [0.2, 0.25) is 5.91 Å². The monoisotopic (exact) mass is 325 g/mol. The highest BCUT2D eigenvalue weighted by Crippen LogP contribution is 2.25. The summed E-state index contributed by atoms with van der Waals surface area (Å²) in [4.78, 5) is 11.4. The summed E-state index contributed by atoms with van der Waals surface area (Å²) in [6.45, 7) is 1.25. The van der Waals surface area contributed by atoms with E-state index in [1.165, 1.54) is 14.0 Å². The molecule has 0 bridgehead atoms. The van der Waals surface area contributed by atoms with E-state index in [9.17, 15) is 15.0 Å². The first-order valence-electron chi connectivity index (χ1n) is 7.46. The Bertz CT molecular complexity index is 497. The summed E-state index contributed by atoms with van der Waals surface area (Å²) in [5.41, 5.74) is 0.933. The fourth-order valence-electron chi connectivity index (χ4n) is 2.62. The Morgan fingerprint density at radius 1 is 1.35 bits per heavy atom. The number of amides is 1. The molecule has 0 aliphatic carbocycles. The molecule has 3 N–H and O–H groups in total. The molecule has 7 nitrogen and oxygen atoms in total. The first-order valence-corrected chi connectivity index (χ1v) is 7.46. The van der Waals surface area contributed by atoms with E-state index in [4.69, 9.17) is 14.2 Å². The maximum Gasteiger partial charge on any atom is 0.217 e. The number of aliphatic hydroxyl groups excluding tert-OH is 2. The molecule has 1 heterocycles. The number of aliphatic hydroxyl groups is 2. The van der Waals surface area contributed by atoms with Crippen molar-refractivity contribution in [3.05, 3.63) is 35.9 Å². The highest BCUT2D eigenvalue weighted by atomic mass is 16.7. The van der Waals surface area contributed by atoms with Crippen LogP contribution in [-0.2, 0) is 25.6 Å². The minimum Gasteiger partial charge on any atom is -0.394 e. The van der Waals surface area contributed by atoms with Crippen molar-refractivity contribution in [1.82, 2.24) is 5.32 Å². The van der Waals surface area contributed by atoms with Crippen LogP contribution in [0.25, 0.3) is 0 Å². The molecule has 0 unspecified atom stereocenters. The summed E-state index contributed by atoms with van der Waals surface area (Å²) >= 11 is 0. The number of ether oxygens (including phenoxy) is 3. The van der Waals surface area contributed by atoms with Crippen LogP contribution in [0.5, 0.6) is 0 Å². The van der Waals surface area contributed by atoms with E-state index in [-0.39, 0.29) is 19.1 Å². The third-order valence-electron chi connectivity index (χ3n) is 3.74. The van der Waals surface area contributed by atoms with E-state index in [0.717, 1.165) is 5.56 Å². The van der Waals surface area contributed by atoms with Crippen molar-refractivity contribution in [2.24, 2.45) is 0 Å². The maximum atomic E-state index is 11.4. The van der Waals surface area contributed by atoms with Crippen molar-refractivity contribution in [3.63, 3.8) is 0 Å². The number of carbonyl (C=O) groups excluding carboxylic acids is 1. The van der Waals surface area contributed by atoms with Gasteiger partial charge in [-0.3, -0.25) is 4.79 Å². The fourth-order valence-corrected chi connectivity index (χ4v) is 2.62. The summed E-state index contributed by atoms with van der Waals surface area (Å²) in [7, 11) is 1.43. The molecule has 1 aromatic carbocycles. The summed E-state index contributed by atoms with van der Waals surface area (Å²) in [6.07, 6.45) is -3.52. The second-order valence-electron chi connectivity index (χ2n) is 5.44. The van der Waals surface area contributed by atoms with Crippen LogP contribution in [0.2, 0.25) is 0 Å². The van der Waals surface area contributed by atoms with Gasteiger partial charge in [0, 0.05) is 14.0 Å². The molecule has 1 aliphatic heterocycles. The fraction of sp³-hybridized carbons (Fsp3) is 0.562. The van der Waals surface area contributed by atoms with Crippen LogP contribution in [0.4, 0.5) is 0 Å². The normalized spacial score (nSPS) is 30.9. The molecular formula is C16H23NO6. The van der Waals surface area contributed by atoms with Crippen LogP contribution in [0.3, 0.4) is 0 Å². The van der Waals surface area contributed by atoms with E-state index in [1.54, 1.807) is 0 Å². The number of methoxy groups -OCH3 is 1.